The molecule has 0 rings (SSSR count). The van der Waals surface area contributed by atoms with Crippen molar-refractivity contribution in [3.8, 4) is 0 Å². The van der Waals surface area contributed by atoms with E-state index in [2.05, 4.69) is 6.58 Å². The summed E-state index contributed by atoms with van der Waals surface area (Å²) < 4.78 is 34.2. The molecule has 0 aromatic carbocycles. The van der Waals surface area contributed by atoms with E-state index in [9.17, 15) is 13.2 Å². The minimum absolute atomic E-state index is 0. The molecular weight excluding hydrogens is 319 g/mol. The second kappa shape index (κ2) is 15.6. The van der Waals surface area contributed by atoms with Crippen LogP contribution in [-0.2, 0) is 19.6 Å². The molecule has 0 bridgehead atoms. The molecule has 0 heterocycles. The number of ether oxygens (including phenoxy) is 1. The molecule has 0 aliphatic carbocycles. The first kappa shape index (κ1) is 24.0. The third kappa shape index (κ3) is 20.8. The maximum Gasteiger partial charge on any atom is 0.305 e. The van der Waals surface area contributed by atoms with Crippen molar-refractivity contribution < 1.29 is 22.5 Å². The smallest absolute Gasteiger partial charge is 0.305 e. The van der Waals surface area contributed by atoms with Gasteiger partial charge in [0, 0.05) is 57.8 Å². The average molecular weight is 346 g/mol. The number of esters is 1. The fraction of sp³-hybridized carbons (Fsp3) is 0.786. The Kier molecular flexibility index (Phi) is 17.9. The van der Waals surface area contributed by atoms with Gasteiger partial charge in [0.2, 0.25) is 0 Å². The molecule has 0 aromatic rings. The van der Waals surface area contributed by atoms with Crippen LogP contribution in [0.1, 0.15) is 57.8 Å². The summed E-state index contributed by atoms with van der Waals surface area (Å²) in [5.41, 5.74) is 0. The van der Waals surface area contributed by atoms with Gasteiger partial charge in [0.05, 0.1) is 12.4 Å². The van der Waals surface area contributed by atoms with E-state index in [4.69, 9.17) is 9.29 Å². The van der Waals surface area contributed by atoms with E-state index in [0.29, 0.717) is 6.42 Å². The van der Waals surface area contributed by atoms with Gasteiger partial charge in [-0.3, -0.25) is 9.35 Å². The van der Waals surface area contributed by atoms with Crippen LogP contribution in [-0.4, -0.2) is 82.7 Å². The molecule has 21 heavy (non-hydrogen) atoms. The predicted molar refractivity (Wildman–Crippen MR) is 84.9 cm³/mol. The molecule has 5 nitrogen and oxygen atoms in total. The summed E-state index contributed by atoms with van der Waals surface area (Å²) in [4.78, 5) is 11.3. The van der Waals surface area contributed by atoms with E-state index < -0.39 is 10.1 Å². The number of unbranched alkanes of at least 4 members (excludes halogenated alkanes) is 6. The molecular formula is C14H26KO5S. The van der Waals surface area contributed by atoms with Gasteiger partial charge in [0.25, 0.3) is 10.1 Å². The second-order valence-electron chi connectivity index (χ2n) is 4.81. The first-order valence-electron chi connectivity index (χ1n) is 7.17. The van der Waals surface area contributed by atoms with Crippen LogP contribution in [0.5, 0.6) is 0 Å². The standard InChI is InChI=1S/C14H26O5S.K/c1-2-3-4-5-6-7-8-9-11-14(15)19-12-10-13-20(16,17)18;/h2H,1,3-13H2,(H,16,17,18);. The van der Waals surface area contributed by atoms with Crippen LogP contribution in [0, 0.1) is 0 Å². The molecule has 0 unspecified atom stereocenters. The summed E-state index contributed by atoms with van der Waals surface area (Å²) in [5.74, 6) is -0.669. The van der Waals surface area contributed by atoms with E-state index in [1.807, 2.05) is 6.08 Å². The van der Waals surface area contributed by atoms with Crippen LogP contribution in [0.3, 0.4) is 0 Å². The summed E-state index contributed by atoms with van der Waals surface area (Å²) in [6, 6.07) is 0. The average Bonchev–Trinajstić information content (AvgIpc) is 2.37. The number of hydrogen-bond donors (Lipinski definition) is 1. The van der Waals surface area contributed by atoms with Crippen molar-refractivity contribution in [2.24, 2.45) is 0 Å². The Morgan fingerprint density at radius 2 is 1.62 bits per heavy atom. The van der Waals surface area contributed by atoms with Crippen LogP contribution in [0.4, 0.5) is 0 Å². The van der Waals surface area contributed by atoms with Gasteiger partial charge in [-0.1, -0.05) is 31.8 Å². The number of carbonyl (C=O) groups excluding carboxylic acids is 1. The number of rotatable bonds is 13. The maximum atomic E-state index is 11.3. The van der Waals surface area contributed by atoms with Crippen molar-refractivity contribution in [2.75, 3.05) is 12.4 Å². The zero-order chi connectivity index (χ0) is 15.3. The molecule has 0 atom stereocenters. The number of allylic oxidation sites excluding steroid dienone is 1. The Labute approximate surface area is 171 Å². The van der Waals surface area contributed by atoms with Crippen molar-refractivity contribution in [3.05, 3.63) is 12.7 Å². The third-order valence-electron chi connectivity index (χ3n) is 2.85. The Hall–Kier alpha value is 0.756. The zero-order valence-electron chi connectivity index (χ0n) is 13.1. The summed E-state index contributed by atoms with van der Waals surface area (Å²) in [5, 5.41) is 0. The van der Waals surface area contributed by atoms with Gasteiger partial charge >= 0.3 is 5.97 Å². The SMILES string of the molecule is C=CCCCCCCCCC(=O)OCCCS(=O)(=O)O.[K]. The molecule has 7 heteroatoms. The molecule has 0 saturated carbocycles. The molecule has 0 fully saturated rings. The Morgan fingerprint density at radius 3 is 2.19 bits per heavy atom. The minimum Gasteiger partial charge on any atom is -0.466 e. The van der Waals surface area contributed by atoms with E-state index in [1.54, 1.807) is 0 Å². The molecule has 0 amide bonds. The fourth-order valence-electron chi connectivity index (χ4n) is 1.76. The maximum absolute atomic E-state index is 11.3. The Balaban J connectivity index is 0. The Bertz CT molecular complexity index is 368. The minimum atomic E-state index is -3.95. The molecule has 119 valence electrons. The van der Waals surface area contributed by atoms with Gasteiger partial charge in [0.15, 0.2) is 0 Å². The van der Waals surface area contributed by atoms with Crippen LogP contribution >= 0.6 is 0 Å². The normalized spacial score (nSPS) is 10.7. The largest absolute Gasteiger partial charge is 0.466 e. The molecule has 0 spiro atoms. The molecule has 1 radical (unpaired) electrons. The summed E-state index contributed by atoms with van der Waals surface area (Å²) in [6.07, 6.45) is 9.99. The first-order valence-corrected chi connectivity index (χ1v) is 8.78. The quantitative estimate of drug-likeness (QED) is 0.182. The summed E-state index contributed by atoms with van der Waals surface area (Å²) >= 11 is 0. The third-order valence-corrected chi connectivity index (χ3v) is 3.65. The van der Waals surface area contributed by atoms with Gasteiger partial charge in [-0.2, -0.15) is 8.42 Å². The second-order valence-corrected chi connectivity index (χ2v) is 6.38. The van der Waals surface area contributed by atoms with E-state index >= 15 is 0 Å². The predicted octanol–water partition coefficient (Wildman–Crippen LogP) is 2.73. The first-order chi connectivity index (χ1) is 9.45. The molecule has 0 aliphatic rings. The van der Waals surface area contributed by atoms with Gasteiger partial charge < -0.3 is 4.74 Å². The molecule has 0 saturated heterocycles. The number of hydrogen-bond acceptors (Lipinski definition) is 4. The van der Waals surface area contributed by atoms with Crippen molar-refractivity contribution in [2.45, 2.75) is 57.8 Å². The molecule has 1 N–H and O–H groups in total. The molecule has 0 aliphatic heterocycles. The monoisotopic (exact) mass is 345 g/mol. The van der Waals surface area contributed by atoms with Gasteiger partial charge in [-0.05, 0) is 25.7 Å². The zero-order valence-corrected chi connectivity index (χ0v) is 17.0. The van der Waals surface area contributed by atoms with Gasteiger partial charge in [-0.15, -0.1) is 6.58 Å². The van der Waals surface area contributed by atoms with Crippen LogP contribution in [0.25, 0.3) is 0 Å². The van der Waals surface area contributed by atoms with Crippen LogP contribution < -0.4 is 0 Å². The van der Waals surface area contributed by atoms with Crippen molar-refractivity contribution in [3.63, 3.8) is 0 Å². The van der Waals surface area contributed by atoms with Crippen LogP contribution in [0.15, 0.2) is 12.7 Å². The number of carbonyl (C=O) groups is 1. The van der Waals surface area contributed by atoms with Crippen molar-refractivity contribution >= 4 is 67.5 Å². The molecule has 0 aromatic heterocycles. The summed E-state index contributed by atoms with van der Waals surface area (Å²) in [6.45, 7) is 3.71. The van der Waals surface area contributed by atoms with E-state index in [-0.39, 0.29) is 76.1 Å². The topological polar surface area (TPSA) is 80.7 Å². The van der Waals surface area contributed by atoms with E-state index in [0.717, 1.165) is 25.7 Å². The van der Waals surface area contributed by atoms with Crippen molar-refractivity contribution in [1.82, 2.24) is 0 Å². The fourth-order valence-corrected chi connectivity index (χ4v) is 2.25. The van der Waals surface area contributed by atoms with Gasteiger partial charge in [-0.25, -0.2) is 0 Å². The van der Waals surface area contributed by atoms with Crippen molar-refractivity contribution in [1.29, 1.82) is 0 Å². The summed E-state index contributed by atoms with van der Waals surface area (Å²) in [7, 11) is -3.95. The van der Waals surface area contributed by atoms with Gasteiger partial charge in [0.1, 0.15) is 0 Å². The van der Waals surface area contributed by atoms with Crippen LogP contribution in [0.2, 0.25) is 0 Å². The Morgan fingerprint density at radius 1 is 1.05 bits per heavy atom. The van der Waals surface area contributed by atoms with E-state index in [1.165, 1.54) is 19.3 Å².